The van der Waals surface area contributed by atoms with Crippen LogP contribution >= 0.6 is 0 Å². The van der Waals surface area contributed by atoms with Crippen molar-refractivity contribution in [2.45, 2.75) is 32.4 Å². The molecule has 1 atom stereocenters. The molecule has 2 aromatic carbocycles. The van der Waals surface area contributed by atoms with Crippen molar-refractivity contribution in [3.05, 3.63) is 53.2 Å². The largest absolute Gasteiger partial charge is 0.497 e. The maximum Gasteiger partial charge on any atom is 0.161 e. The van der Waals surface area contributed by atoms with Crippen LogP contribution in [0.1, 0.15) is 36.7 Å². The van der Waals surface area contributed by atoms with Gasteiger partial charge in [0.05, 0.1) is 32.6 Å². The van der Waals surface area contributed by atoms with E-state index in [9.17, 15) is 0 Å². The summed E-state index contributed by atoms with van der Waals surface area (Å²) >= 11 is 0. The molecule has 0 aliphatic carbocycles. The maximum absolute atomic E-state index is 5.86. The van der Waals surface area contributed by atoms with Gasteiger partial charge in [0.2, 0.25) is 0 Å². The van der Waals surface area contributed by atoms with E-state index in [4.69, 9.17) is 14.2 Å². The molecule has 1 aromatic heterocycles. The Bertz CT molecular complexity index is 962. The number of methoxy groups -OCH3 is 2. The standard InChI is InChI=1S/C22H26N2O3/c1-13(2)27-19-8-5-14(11-20(19)26-4)21-22-16(9-10-23-21)17-12-15(25-3)6-7-18(17)24-22/h5-8,11-13,21,23-24H,9-10H2,1-4H3/p+1/t21-/m0/s1. The summed E-state index contributed by atoms with van der Waals surface area (Å²) in [7, 11) is 3.40. The number of rotatable bonds is 5. The molecular formula is C22H27N2O3+. The van der Waals surface area contributed by atoms with Crippen molar-refractivity contribution < 1.29 is 19.5 Å². The van der Waals surface area contributed by atoms with Crippen molar-refractivity contribution in [3.8, 4) is 17.2 Å². The molecule has 5 heteroatoms. The normalized spacial score (nSPS) is 16.4. The van der Waals surface area contributed by atoms with Gasteiger partial charge < -0.3 is 24.5 Å². The van der Waals surface area contributed by atoms with Gasteiger partial charge in [0, 0.05) is 22.9 Å². The molecule has 0 saturated carbocycles. The summed E-state index contributed by atoms with van der Waals surface area (Å²) in [5, 5.41) is 3.64. The summed E-state index contributed by atoms with van der Waals surface area (Å²) in [5.41, 5.74) is 5.03. The molecule has 3 aromatic rings. The van der Waals surface area contributed by atoms with E-state index in [1.54, 1.807) is 14.2 Å². The summed E-state index contributed by atoms with van der Waals surface area (Å²) in [6.45, 7) is 5.09. The third kappa shape index (κ3) is 3.23. The second-order valence-corrected chi connectivity index (χ2v) is 7.26. The Kier molecular flexibility index (Phi) is 4.70. The van der Waals surface area contributed by atoms with Gasteiger partial charge in [0.25, 0.3) is 0 Å². The van der Waals surface area contributed by atoms with E-state index >= 15 is 0 Å². The number of hydrogen-bond donors (Lipinski definition) is 2. The molecule has 3 N–H and O–H groups in total. The number of ether oxygens (including phenoxy) is 3. The lowest BCUT2D eigenvalue weighted by Gasteiger charge is -2.23. The van der Waals surface area contributed by atoms with Crippen molar-refractivity contribution in [3.63, 3.8) is 0 Å². The van der Waals surface area contributed by atoms with Crippen LogP contribution in [-0.4, -0.2) is 31.9 Å². The first-order valence-corrected chi connectivity index (χ1v) is 9.47. The highest BCUT2D eigenvalue weighted by Gasteiger charge is 2.29. The average Bonchev–Trinajstić information content (AvgIpc) is 3.05. The fraction of sp³-hybridized carbons (Fsp3) is 0.364. The number of aromatic amines is 1. The zero-order valence-electron chi connectivity index (χ0n) is 16.3. The molecule has 1 aliphatic rings. The van der Waals surface area contributed by atoms with Crippen LogP contribution in [0.15, 0.2) is 36.4 Å². The molecule has 0 bridgehead atoms. The second kappa shape index (κ2) is 7.16. The lowest BCUT2D eigenvalue weighted by molar-refractivity contribution is -0.690. The van der Waals surface area contributed by atoms with E-state index in [1.165, 1.54) is 22.2 Å². The van der Waals surface area contributed by atoms with Gasteiger partial charge >= 0.3 is 0 Å². The first kappa shape index (κ1) is 17.7. The minimum Gasteiger partial charge on any atom is -0.497 e. The molecule has 0 saturated heterocycles. The van der Waals surface area contributed by atoms with Crippen LogP contribution in [0.4, 0.5) is 0 Å². The van der Waals surface area contributed by atoms with Crippen LogP contribution in [-0.2, 0) is 6.42 Å². The quantitative estimate of drug-likeness (QED) is 0.728. The zero-order chi connectivity index (χ0) is 19.0. The summed E-state index contributed by atoms with van der Waals surface area (Å²) in [6.07, 6.45) is 1.16. The Hall–Kier alpha value is -2.66. The van der Waals surface area contributed by atoms with E-state index in [0.29, 0.717) is 0 Å². The van der Waals surface area contributed by atoms with Gasteiger partial charge in [-0.25, -0.2) is 0 Å². The summed E-state index contributed by atoms with van der Waals surface area (Å²) in [5.74, 6) is 2.46. The van der Waals surface area contributed by atoms with E-state index in [2.05, 4.69) is 34.6 Å². The summed E-state index contributed by atoms with van der Waals surface area (Å²) in [4.78, 5) is 3.64. The average molecular weight is 367 g/mol. The molecule has 27 heavy (non-hydrogen) atoms. The molecule has 0 unspecified atom stereocenters. The Morgan fingerprint density at radius 2 is 1.89 bits per heavy atom. The van der Waals surface area contributed by atoms with E-state index in [1.807, 2.05) is 26.0 Å². The smallest absolute Gasteiger partial charge is 0.161 e. The van der Waals surface area contributed by atoms with Crippen LogP contribution in [0.25, 0.3) is 10.9 Å². The number of benzene rings is 2. The fourth-order valence-corrected chi connectivity index (χ4v) is 3.95. The van der Waals surface area contributed by atoms with Crippen molar-refractivity contribution in [2.24, 2.45) is 0 Å². The van der Waals surface area contributed by atoms with Crippen molar-refractivity contribution >= 4 is 10.9 Å². The molecule has 0 spiro atoms. The number of H-pyrrole nitrogens is 1. The predicted molar refractivity (Wildman–Crippen MR) is 106 cm³/mol. The van der Waals surface area contributed by atoms with Crippen LogP contribution in [0, 0.1) is 0 Å². The molecule has 1 aliphatic heterocycles. The third-order valence-corrected chi connectivity index (χ3v) is 5.16. The van der Waals surface area contributed by atoms with Gasteiger partial charge in [0.1, 0.15) is 5.75 Å². The molecule has 0 fully saturated rings. The topological polar surface area (TPSA) is 60.1 Å². The number of nitrogens with two attached hydrogens (primary N) is 1. The summed E-state index contributed by atoms with van der Waals surface area (Å²) in [6, 6.07) is 12.7. The highest BCUT2D eigenvalue weighted by molar-refractivity contribution is 5.86. The number of aromatic nitrogens is 1. The zero-order valence-corrected chi connectivity index (χ0v) is 16.3. The maximum atomic E-state index is 5.86. The van der Waals surface area contributed by atoms with Crippen LogP contribution < -0.4 is 19.5 Å². The van der Waals surface area contributed by atoms with Crippen LogP contribution in [0.3, 0.4) is 0 Å². The molecule has 0 radical (unpaired) electrons. The van der Waals surface area contributed by atoms with Gasteiger partial charge in [-0.2, -0.15) is 0 Å². The van der Waals surface area contributed by atoms with Gasteiger partial charge in [-0.15, -0.1) is 0 Å². The third-order valence-electron chi connectivity index (χ3n) is 5.16. The van der Waals surface area contributed by atoms with Crippen LogP contribution in [0.5, 0.6) is 17.2 Å². The Morgan fingerprint density at radius 1 is 1.04 bits per heavy atom. The first-order chi connectivity index (χ1) is 13.1. The highest BCUT2D eigenvalue weighted by atomic mass is 16.5. The molecule has 2 heterocycles. The van der Waals surface area contributed by atoms with Gasteiger partial charge in [-0.1, -0.05) is 0 Å². The molecule has 4 rings (SSSR count). The molecule has 0 amide bonds. The molecule has 5 nitrogen and oxygen atoms in total. The van der Waals surface area contributed by atoms with E-state index < -0.39 is 0 Å². The van der Waals surface area contributed by atoms with Gasteiger partial charge in [0.15, 0.2) is 17.5 Å². The molecule has 142 valence electrons. The van der Waals surface area contributed by atoms with Gasteiger partial charge in [-0.3, -0.25) is 0 Å². The van der Waals surface area contributed by atoms with Crippen molar-refractivity contribution in [2.75, 3.05) is 20.8 Å². The second-order valence-electron chi connectivity index (χ2n) is 7.26. The Labute approximate surface area is 159 Å². The Balaban J connectivity index is 1.76. The lowest BCUT2D eigenvalue weighted by Crippen LogP contribution is -2.87. The SMILES string of the molecule is COc1ccc2[nH]c3c(c2c1)CC[NH2+][C@H]3c1ccc(OC(C)C)c(OC)c1. The van der Waals surface area contributed by atoms with Crippen molar-refractivity contribution in [1.29, 1.82) is 0 Å². The van der Waals surface area contributed by atoms with E-state index in [0.717, 1.165) is 35.7 Å². The molecular weight excluding hydrogens is 340 g/mol. The summed E-state index contributed by atoms with van der Waals surface area (Å²) < 4.78 is 16.9. The lowest BCUT2D eigenvalue weighted by atomic mass is 9.94. The highest BCUT2D eigenvalue weighted by Crippen LogP contribution is 2.36. The van der Waals surface area contributed by atoms with E-state index in [-0.39, 0.29) is 12.1 Å². The number of quaternary nitrogens is 1. The van der Waals surface area contributed by atoms with Gasteiger partial charge in [-0.05, 0) is 55.8 Å². The predicted octanol–water partition coefficient (Wildman–Crippen LogP) is 3.18. The van der Waals surface area contributed by atoms with Crippen LogP contribution in [0.2, 0.25) is 0 Å². The number of nitrogens with one attached hydrogen (secondary N) is 1. The Morgan fingerprint density at radius 3 is 2.63 bits per heavy atom. The number of fused-ring (bicyclic) bond motifs is 3. The minimum atomic E-state index is 0.112. The monoisotopic (exact) mass is 367 g/mol. The van der Waals surface area contributed by atoms with Crippen molar-refractivity contribution in [1.82, 2.24) is 4.98 Å². The minimum absolute atomic E-state index is 0.112. The fourth-order valence-electron chi connectivity index (χ4n) is 3.95. The first-order valence-electron chi connectivity index (χ1n) is 9.47. The number of hydrogen-bond acceptors (Lipinski definition) is 3.